The van der Waals surface area contributed by atoms with Gasteiger partial charge in [-0.2, -0.15) is 0 Å². The molecule has 1 aliphatic heterocycles. The van der Waals surface area contributed by atoms with Crippen molar-refractivity contribution < 1.29 is 0 Å². The summed E-state index contributed by atoms with van der Waals surface area (Å²) >= 11 is 0. The van der Waals surface area contributed by atoms with E-state index in [1.807, 2.05) is 13.8 Å². The first kappa shape index (κ1) is 14.1. The maximum Gasteiger partial charge on any atom is 0.134 e. The van der Waals surface area contributed by atoms with Crippen LogP contribution in [0, 0.1) is 12.8 Å². The number of piperidine rings is 1. The highest BCUT2D eigenvalue weighted by atomic mass is 15.1. The number of aryl methyl sites for hydroxylation is 1. The lowest BCUT2D eigenvalue weighted by Gasteiger charge is -2.29. The van der Waals surface area contributed by atoms with Crippen LogP contribution in [-0.2, 0) is 6.42 Å². The van der Waals surface area contributed by atoms with Gasteiger partial charge >= 0.3 is 0 Å². The molecule has 0 saturated carbocycles. The van der Waals surface area contributed by atoms with E-state index in [2.05, 4.69) is 27.2 Å². The number of hydrogen-bond acceptors (Lipinski definition) is 5. The van der Waals surface area contributed by atoms with Crippen LogP contribution in [0.1, 0.15) is 31.2 Å². The molecular formula is C14H25N5. The summed E-state index contributed by atoms with van der Waals surface area (Å²) in [4.78, 5) is 11.2. The number of likely N-dealkylation sites (tertiary alicyclic amines) is 1. The standard InChI is InChI=1S/C14H25N5/c1-4-12-17-13(15)10(2)14(18-12)16-9-11-5-7-19(3)8-6-11/h11H,4-9H2,1-3H3,(H3,15,16,17,18). The molecule has 106 valence electrons. The van der Waals surface area contributed by atoms with Gasteiger partial charge < -0.3 is 16.0 Å². The topological polar surface area (TPSA) is 67.1 Å². The van der Waals surface area contributed by atoms with Gasteiger partial charge in [0.05, 0.1) is 0 Å². The predicted octanol–water partition coefficient (Wildman–Crippen LogP) is 1.68. The summed E-state index contributed by atoms with van der Waals surface area (Å²) in [5, 5.41) is 3.46. The van der Waals surface area contributed by atoms with Gasteiger partial charge in [0.2, 0.25) is 0 Å². The van der Waals surface area contributed by atoms with Crippen molar-refractivity contribution in [2.45, 2.75) is 33.1 Å². The summed E-state index contributed by atoms with van der Waals surface area (Å²) in [7, 11) is 2.19. The fourth-order valence-electron chi connectivity index (χ4n) is 2.42. The number of nitrogens with two attached hydrogens (primary N) is 1. The van der Waals surface area contributed by atoms with Gasteiger partial charge in [-0.3, -0.25) is 0 Å². The van der Waals surface area contributed by atoms with Gasteiger partial charge in [0.25, 0.3) is 0 Å². The van der Waals surface area contributed by atoms with Crippen LogP contribution >= 0.6 is 0 Å². The van der Waals surface area contributed by atoms with E-state index in [0.717, 1.165) is 36.1 Å². The minimum atomic E-state index is 0.595. The lowest BCUT2D eigenvalue weighted by molar-refractivity contribution is 0.226. The van der Waals surface area contributed by atoms with Crippen molar-refractivity contribution >= 4 is 11.6 Å². The number of aromatic nitrogens is 2. The van der Waals surface area contributed by atoms with Crippen LogP contribution in [-0.4, -0.2) is 41.5 Å². The van der Waals surface area contributed by atoms with Crippen molar-refractivity contribution in [3.05, 3.63) is 11.4 Å². The number of nitrogens with one attached hydrogen (secondary N) is 1. The summed E-state index contributed by atoms with van der Waals surface area (Å²) in [5.74, 6) is 3.05. The van der Waals surface area contributed by atoms with Gasteiger partial charge in [-0.1, -0.05) is 6.92 Å². The molecule has 1 aliphatic rings. The minimum Gasteiger partial charge on any atom is -0.383 e. The highest BCUT2D eigenvalue weighted by Crippen LogP contribution is 2.20. The molecule has 0 radical (unpaired) electrons. The normalized spacial score (nSPS) is 17.6. The lowest BCUT2D eigenvalue weighted by Crippen LogP contribution is -2.33. The molecule has 5 heteroatoms. The Labute approximate surface area is 115 Å². The molecule has 0 amide bonds. The summed E-state index contributed by atoms with van der Waals surface area (Å²) in [5.41, 5.74) is 6.89. The van der Waals surface area contributed by atoms with Crippen molar-refractivity contribution in [1.29, 1.82) is 0 Å². The smallest absolute Gasteiger partial charge is 0.134 e. The van der Waals surface area contributed by atoms with Gasteiger partial charge in [-0.25, -0.2) is 9.97 Å². The first-order chi connectivity index (χ1) is 9.10. The van der Waals surface area contributed by atoms with Crippen LogP contribution in [0.15, 0.2) is 0 Å². The quantitative estimate of drug-likeness (QED) is 0.865. The van der Waals surface area contributed by atoms with Crippen molar-refractivity contribution in [2.75, 3.05) is 37.7 Å². The van der Waals surface area contributed by atoms with E-state index in [1.54, 1.807) is 0 Å². The van der Waals surface area contributed by atoms with Crippen LogP contribution < -0.4 is 11.1 Å². The van der Waals surface area contributed by atoms with E-state index in [1.165, 1.54) is 25.9 Å². The molecule has 0 aromatic carbocycles. The molecule has 5 nitrogen and oxygen atoms in total. The monoisotopic (exact) mass is 263 g/mol. The fraction of sp³-hybridized carbons (Fsp3) is 0.714. The average molecular weight is 263 g/mol. The van der Waals surface area contributed by atoms with Crippen molar-refractivity contribution in [3.63, 3.8) is 0 Å². The van der Waals surface area contributed by atoms with Gasteiger partial charge in [0, 0.05) is 18.5 Å². The van der Waals surface area contributed by atoms with E-state index in [4.69, 9.17) is 5.73 Å². The van der Waals surface area contributed by atoms with Gasteiger partial charge in [0.1, 0.15) is 17.5 Å². The molecule has 19 heavy (non-hydrogen) atoms. The average Bonchev–Trinajstić information content (AvgIpc) is 2.42. The minimum absolute atomic E-state index is 0.595. The zero-order chi connectivity index (χ0) is 13.8. The zero-order valence-corrected chi connectivity index (χ0v) is 12.2. The lowest BCUT2D eigenvalue weighted by atomic mass is 9.97. The number of anilines is 2. The largest absolute Gasteiger partial charge is 0.383 e. The van der Waals surface area contributed by atoms with E-state index < -0.39 is 0 Å². The molecule has 1 saturated heterocycles. The van der Waals surface area contributed by atoms with E-state index in [-0.39, 0.29) is 0 Å². The molecular weight excluding hydrogens is 238 g/mol. The third-order valence-electron chi connectivity index (χ3n) is 3.94. The van der Waals surface area contributed by atoms with Crippen LogP contribution in [0.3, 0.4) is 0 Å². The maximum atomic E-state index is 5.93. The Kier molecular flexibility index (Phi) is 4.58. The van der Waals surface area contributed by atoms with Crippen LogP contribution in [0.25, 0.3) is 0 Å². The summed E-state index contributed by atoms with van der Waals surface area (Å²) < 4.78 is 0. The molecule has 0 unspecified atom stereocenters. The number of rotatable bonds is 4. The Morgan fingerprint density at radius 2 is 2.00 bits per heavy atom. The van der Waals surface area contributed by atoms with Gasteiger partial charge in [-0.05, 0) is 45.8 Å². The Balaban J connectivity index is 1.97. The Morgan fingerprint density at radius 3 is 2.63 bits per heavy atom. The summed E-state index contributed by atoms with van der Waals surface area (Å²) in [6.07, 6.45) is 3.32. The second-order valence-electron chi connectivity index (χ2n) is 5.48. The van der Waals surface area contributed by atoms with Crippen LogP contribution in [0.4, 0.5) is 11.6 Å². The number of nitrogen functional groups attached to an aromatic ring is 1. The third kappa shape index (κ3) is 3.56. The fourth-order valence-corrected chi connectivity index (χ4v) is 2.42. The molecule has 1 aromatic heterocycles. The van der Waals surface area contributed by atoms with Gasteiger partial charge in [-0.15, -0.1) is 0 Å². The van der Waals surface area contributed by atoms with Gasteiger partial charge in [0.15, 0.2) is 0 Å². The Morgan fingerprint density at radius 1 is 1.32 bits per heavy atom. The third-order valence-corrected chi connectivity index (χ3v) is 3.94. The molecule has 0 bridgehead atoms. The molecule has 0 atom stereocenters. The first-order valence-corrected chi connectivity index (χ1v) is 7.15. The molecule has 3 N–H and O–H groups in total. The van der Waals surface area contributed by atoms with E-state index in [0.29, 0.717) is 5.82 Å². The van der Waals surface area contributed by atoms with E-state index >= 15 is 0 Å². The number of hydrogen-bond donors (Lipinski definition) is 2. The molecule has 1 aromatic rings. The SMILES string of the molecule is CCc1nc(N)c(C)c(NCC2CCN(C)CC2)n1. The highest BCUT2D eigenvalue weighted by Gasteiger charge is 2.17. The first-order valence-electron chi connectivity index (χ1n) is 7.15. The zero-order valence-electron chi connectivity index (χ0n) is 12.2. The Hall–Kier alpha value is -1.36. The number of nitrogens with zero attached hydrogens (tertiary/aromatic N) is 3. The predicted molar refractivity (Wildman–Crippen MR) is 79.3 cm³/mol. The molecule has 2 rings (SSSR count). The molecule has 1 fully saturated rings. The Bertz CT molecular complexity index is 424. The maximum absolute atomic E-state index is 5.93. The van der Waals surface area contributed by atoms with Crippen LogP contribution in [0.2, 0.25) is 0 Å². The highest BCUT2D eigenvalue weighted by molar-refractivity contribution is 5.54. The van der Waals surface area contributed by atoms with Crippen molar-refractivity contribution in [3.8, 4) is 0 Å². The van der Waals surface area contributed by atoms with E-state index in [9.17, 15) is 0 Å². The van der Waals surface area contributed by atoms with Crippen molar-refractivity contribution in [1.82, 2.24) is 14.9 Å². The van der Waals surface area contributed by atoms with Crippen LogP contribution in [0.5, 0.6) is 0 Å². The summed E-state index contributed by atoms with van der Waals surface area (Å²) in [6.45, 7) is 7.39. The van der Waals surface area contributed by atoms with Crippen molar-refractivity contribution in [2.24, 2.45) is 5.92 Å². The second kappa shape index (κ2) is 6.19. The second-order valence-corrected chi connectivity index (χ2v) is 5.48. The summed E-state index contributed by atoms with van der Waals surface area (Å²) in [6, 6.07) is 0. The molecule has 2 heterocycles. The molecule has 0 aliphatic carbocycles. The molecule has 0 spiro atoms.